The zero-order chi connectivity index (χ0) is 33.6. The van der Waals surface area contributed by atoms with Gasteiger partial charge < -0.3 is 4.90 Å². The molecule has 1 aliphatic rings. The maximum atomic E-state index is 2.45. The number of benzene rings is 7. The summed E-state index contributed by atoms with van der Waals surface area (Å²) in [7, 11) is 0. The molecule has 1 heteroatoms. The number of fused-ring (bicyclic) bond motifs is 3. The summed E-state index contributed by atoms with van der Waals surface area (Å²) in [4.78, 5) is 2.40. The first-order valence-corrected chi connectivity index (χ1v) is 17.3. The summed E-state index contributed by atoms with van der Waals surface area (Å²) in [6.07, 6.45) is 0. The first-order chi connectivity index (χ1) is 23.8. The first-order valence-electron chi connectivity index (χ1n) is 17.3. The van der Waals surface area contributed by atoms with Crippen molar-refractivity contribution in [2.24, 2.45) is 0 Å². The summed E-state index contributed by atoms with van der Waals surface area (Å²) >= 11 is 0. The highest BCUT2D eigenvalue weighted by atomic mass is 15.1. The molecule has 0 N–H and O–H groups in total. The molecule has 238 valence electrons. The van der Waals surface area contributed by atoms with Crippen LogP contribution in [-0.4, -0.2) is 0 Å². The van der Waals surface area contributed by atoms with Gasteiger partial charge in [-0.25, -0.2) is 0 Å². The average molecular weight is 632 g/mol. The molecule has 8 rings (SSSR count). The normalized spacial score (nSPS) is 14.0. The molecule has 7 aromatic carbocycles. The highest BCUT2D eigenvalue weighted by molar-refractivity contribution is 5.86. The Hall–Kier alpha value is -5.66. The zero-order valence-electron chi connectivity index (χ0n) is 28.7. The molecule has 0 saturated carbocycles. The van der Waals surface area contributed by atoms with Gasteiger partial charge in [-0.2, -0.15) is 0 Å². The topological polar surface area (TPSA) is 3.24 Å². The highest BCUT2D eigenvalue weighted by Gasteiger charge is 2.46. The fourth-order valence-corrected chi connectivity index (χ4v) is 7.52. The number of nitrogens with zero attached hydrogens (tertiary/aromatic N) is 1. The van der Waals surface area contributed by atoms with E-state index in [4.69, 9.17) is 0 Å². The SMILES string of the molecule is CC1(C)c2cc(-c3ccccc3)ccc2-c2ccc(N(c3ccc(-c4ccccc4)cc3)c3ccc(-c4ccccc4)cc3)cc2C1(C)C. The average Bonchev–Trinajstić information content (AvgIpc) is 3.16. The smallest absolute Gasteiger partial charge is 0.0464 e. The standard InChI is InChI=1S/C48H41N/c1-47(2)45-32-39(36-18-12-7-13-19-36)24-30-43(45)44-31-29-42(33-46(44)48(47,3)4)49(40-25-20-37(21-26-40)34-14-8-5-9-15-34)41-27-22-38(23-28-41)35-16-10-6-11-17-35/h5-33H,1-4H3. The molecular weight excluding hydrogens is 591 g/mol. The molecule has 0 heterocycles. The fraction of sp³-hybridized carbons (Fsp3) is 0.125. The van der Waals surface area contributed by atoms with Crippen LogP contribution in [0.2, 0.25) is 0 Å². The van der Waals surface area contributed by atoms with Crippen molar-refractivity contribution in [1.29, 1.82) is 0 Å². The van der Waals surface area contributed by atoms with Crippen molar-refractivity contribution in [1.82, 2.24) is 0 Å². The molecule has 0 spiro atoms. The number of anilines is 3. The number of hydrogen-bond donors (Lipinski definition) is 0. The fourth-order valence-electron chi connectivity index (χ4n) is 7.52. The molecule has 0 unspecified atom stereocenters. The third-order valence-corrected chi connectivity index (χ3v) is 11.1. The van der Waals surface area contributed by atoms with Gasteiger partial charge >= 0.3 is 0 Å². The van der Waals surface area contributed by atoms with Gasteiger partial charge in [0.1, 0.15) is 0 Å². The van der Waals surface area contributed by atoms with Gasteiger partial charge in [-0.05, 0) is 109 Å². The van der Waals surface area contributed by atoms with Crippen LogP contribution < -0.4 is 4.90 Å². The summed E-state index contributed by atoms with van der Waals surface area (Å²) in [5, 5.41) is 0. The Balaban J connectivity index is 1.26. The van der Waals surface area contributed by atoms with Gasteiger partial charge in [0, 0.05) is 17.1 Å². The summed E-state index contributed by atoms with van der Waals surface area (Å²) < 4.78 is 0. The lowest BCUT2D eigenvalue weighted by Gasteiger charge is -2.48. The molecule has 0 radical (unpaired) electrons. The lowest BCUT2D eigenvalue weighted by molar-refractivity contribution is 0.299. The van der Waals surface area contributed by atoms with E-state index < -0.39 is 0 Å². The van der Waals surface area contributed by atoms with Crippen LogP contribution in [0.4, 0.5) is 17.1 Å². The van der Waals surface area contributed by atoms with Crippen LogP contribution in [0.1, 0.15) is 38.8 Å². The maximum Gasteiger partial charge on any atom is 0.0464 e. The van der Waals surface area contributed by atoms with E-state index in [0.29, 0.717) is 0 Å². The molecule has 1 nitrogen and oxygen atoms in total. The van der Waals surface area contributed by atoms with E-state index in [0.717, 1.165) is 17.1 Å². The molecule has 0 aliphatic heterocycles. The molecule has 0 fully saturated rings. The number of hydrogen-bond acceptors (Lipinski definition) is 1. The molecule has 0 atom stereocenters. The Bertz CT molecular complexity index is 2150. The molecular formula is C48H41N. The van der Waals surface area contributed by atoms with Gasteiger partial charge in [0.25, 0.3) is 0 Å². The van der Waals surface area contributed by atoms with Crippen LogP contribution in [0.3, 0.4) is 0 Å². The van der Waals surface area contributed by atoms with Crippen molar-refractivity contribution in [2.45, 2.75) is 38.5 Å². The Labute approximate surface area is 291 Å². The second kappa shape index (κ2) is 12.1. The van der Waals surface area contributed by atoms with Crippen molar-refractivity contribution >= 4 is 17.1 Å². The Morgan fingerprint density at radius 3 is 1.08 bits per heavy atom. The summed E-state index contributed by atoms with van der Waals surface area (Å²) in [6.45, 7) is 9.67. The second-order valence-corrected chi connectivity index (χ2v) is 14.3. The second-order valence-electron chi connectivity index (χ2n) is 14.3. The van der Waals surface area contributed by atoms with Crippen LogP contribution in [0.25, 0.3) is 44.5 Å². The lowest BCUT2D eigenvalue weighted by Crippen LogP contribution is -2.43. The Morgan fingerprint density at radius 2 is 0.633 bits per heavy atom. The van der Waals surface area contributed by atoms with E-state index in [1.165, 1.54) is 55.6 Å². The summed E-state index contributed by atoms with van der Waals surface area (Å²) in [6, 6.07) is 64.1. The van der Waals surface area contributed by atoms with Crippen molar-refractivity contribution in [3.05, 3.63) is 187 Å². The summed E-state index contributed by atoms with van der Waals surface area (Å²) in [5.74, 6) is 0. The van der Waals surface area contributed by atoms with Gasteiger partial charge in [-0.3, -0.25) is 0 Å². The van der Waals surface area contributed by atoms with Gasteiger partial charge in [0.2, 0.25) is 0 Å². The zero-order valence-corrected chi connectivity index (χ0v) is 28.7. The predicted octanol–water partition coefficient (Wildman–Crippen LogP) is 13.4. The molecule has 7 aromatic rings. The predicted molar refractivity (Wildman–Crippen MR) is 209 cm³/mol. The van der Waals surface area contributed by atoms with Crippen LogP contribution in [0.5, 0.6) is 0 Å². The van der Waals surface area contributed by atoms with Crippen LogP contribution in [0, 0.1) is 0 Å². The quantitative estimate of drug-likeness (QED) is 0.176. The van der Waals surface area contributed by atoms with Gasteiger partial charge in [-0.15, -0.1) is 0 Å². The third kappa shape index (κ3) is 5.36. The lowest BCUT2D eigenvalue weighted by atomic mass is 9.55. The molecule has 1 aliphatic carbocycles. The van der Waals surface area contributed by atoms with Gasteiger partial charge in [0.05, 0.1) is 0 Å². The molecule has 0 aromatic heterocycles. The van der Waals surface area contributed by atoms with E-state index in [9.17, 15) is 0 Å². The van der Waals surface area contributed by atoms with Crippen molar-refractivity contribution in [3.63, 3.8) is 0 Å². The Kier molecular flexibility index (Phi) is 7.57. The molecule has 0 bridgehead atoms. The minimum absolute atomic E-state index is 0.0990. The van der Waals surface area contributed by atoms with E-state index in [-0.39, 0.29) is 10.8 Å². The Morgan fingerprint density at radius 1 is 0.306 bits per heavy atom. The first kappa shape index (κ1) is 30.7. The minimum Gasteiger partial charge on any atom is -0.310 e. The van der Waals surface area contributed by atoms with Crippen molar-refractivity contribution < 1.29 is 0 Å². The van der Waals surface area contributed by atoms with Gasteiger partial charge in [0.15, 0.2) is 0 Å². The third-order valence-electron chi connectivity index (χ3n) is 11.1. The van der Waals surface area contributed by atoms with Crippen LogP contribution in [-0.2, 0) is 10.8 Å². The number of rotatable bonds is 6. The van der Waals surface area contributed by atoms with E-state index in [2.05, 4.69) is 209 Å². The van der Waals surface area contributed by atoms with Gasteiger partial charge in [-0.1, -0.05) is 161 Å². The highest BCUT2D eigenvalue weighted by Crippen LogP contribution is 2.55. The molecule has 49 heavy (non-hydrogen) atoms. The van der Waals surface area contributed by atoms with E-state index in [1.807, 2.05) is 0 Å². The van der Waals surface area contributed by atoms with Crippen molar-refractivity contribution in [2.75, 3.05) is 4.90 Å². The van der Waals surface area contributed by atoms with E-state index in [1.54, 1.807) is 0 Å². The summed E-state index contributed by atoms with van der Waals surface area (Å²) in [5.41, 5.74) is 16.0. The monoisotopic (exact) mass is 631 g/mol. The van der Waals surface area contributed by atoms with E-state index >= 15 is 0 Å². The van der Waals surface area contributed by atoms with Crippen LogP contribution in [0.15, 0.2) is 176 Å². The molecule has 0 saturated heterocycles. The van der Waals surface area contributed by atoms with Crippen molar-refractivity contribution in [3.8, 4) is 44.5 Å². The molecule has 0 amide bonds. The largest absolute Gasteiger partial charge is 0.310 e. The van der Waals surface area contributed by atoms with Crippen LogP contribution >= 0.6 is 0 Å². The maximum absolute atomic E-state index is 2.45. The minimum atomic E-state index is -0.124.